The number of anilines is 1. The van der Waals surface area contributed by atoms with Crippen LogP contribution in [0.4, 0.5) is 5.69 Å². The molecule has 1 aromatic rings. The lowest BCUT2D eigenvalue weighted by Crippen LogP contribution is -2.59. The van der Waals surface area contributed by atoms with Gasteiger partial charge in [-0.2, -0.15) is 5.10 Å². The maximum atomic E-state index is 10.4. The van der Waals surface area contributed by atoms with Gasteiger partial charge in [-0.3, -0.25) is 5.43 Å². The molecule has 2 aliphatic rings. The van der Waals surface area contributed by atoms with E-state index in [4.69, 9.17) is 25.5 Å². The van der Waals surface area contributed by atoms with E-state index in [1.807, 2.05) is 36.4 Å². The normalized spacial score (nSPS) is 31.1. The quantitative estimate of drug-likeness (QED) is 0.381. The van der Waals surface area contributed by atoms with Crippen LogP contribution in [0.3, 0.4) is 0 Å². The Morgan fingerprint density at radius 2 is 1.79 bits per heavy atom. The zero-order valence-corrected chi connectivity index (χ0v) is 12.4. The van der Waals surface area contributed by atoms with Crippen LogP contribution in [0, 0.1) is 0 Å². The topological polar surface area (TPSA) is 152 Å². The molecule has 0 spiro atoms. The Morgan fingerprint density at radius 1 is 1.08 bits per heavy atom. The second-order valence-corrected chi connectivity index (χ2v) is 5.09. The maximum absolute atomic E-state index is 10.4. The summed E-state index contributed by atoms with van der Waals surface area (Å²) in [7, 11) is 0. The van der Waals surface area contributed by atoms with Crippen LogP contribution < -0.4 is 5.43 Å². The molecule has 5 atom stereocenters. The highest BCUT2D eigenvalue weighted by Gasteiger charge is 2.46. The molecule has 0 radical (unpaired) electrons. The number of para-hydroxylation sites is 1. The zero-order valence-electron chi connectivity index (χ0n) is 12.4. The zero-order chi connectivity index (χ0) is 17.7. The van der Waals surface area contributed by atoms with Crippen molar-refractivity contribution in [3.63, 3.8) is 0 Å². The Hall–Kier alpha value is -2.30. The second kappa shape index (κ2) is 7.99. The van der Waals surface area contributed by atoms with E-state index >= 15 is 0 Å². The average Bonchev–Trinajstić information content (AvgIpc) is 2.82. The molecule has 1 unspecified atom stereocenters. The number of carbonyl (C=O) groups is 1. The van der Waals surface area contributed by atoms with E-state index in [9.17, 15) is 4.79 Å². The van der Waals surface area contributed by atoms with Crippen molar-refractivity contribution < 1.29 is 35.1 Å². The van der Waals surface area contributed by atoms with Crippen molar-refractivity contribution in [3.05, 3.63) is 35.9 Å². The van der Waals surface area contributed by atoms with Crippen molar-refractivity contribution in [2.75, 3.05) is 5.43 Å². The summed E-state index contributed by atoms with van der Waals surface area (Å²) < 4.78 is 4.34. The molecule has 1 aromatic carbocycles. The summed E-state index contributed by atoms with van der Waals surface area (Å²) >= 11 is 0. The Balaban J connectivity index is 0.000000175. The lowest BCUT2D eigenvalue weighted by Gasteiger charge is -2.36. The molecule has 24 heavy (non-hydrogen) atoms. The monoisotopic (exact) mass is 338 g/mol. The van der Waals surface area contributed by atoms with Gasteiger partial charge in [0.2, 0.25) is 0 Å². The van der Waals surface area contributed by atoms with Gasteiger partial charge in [-0.05, 0) is 17.7 Å². The summed E-state index contributed by atoms with van der Waals surface area (Å²) in [5.74, 6) is -1.52. The van der Waals surface area contributed by atoms with Crippen LogP contribution in [0.15, 0.2) is 35.4 Å². The highest BCUT2D eigenvalue weighted by Crippen LogP contribution is 2.19. The molecule has 2 aliphatic heterocycles. The van der Waals surface area contributed by atoms with Gasteiger partial charge in [0.05, 0.1) is 5.69 Å². The largest absolute Gasteiger partial charge is 0.479 e. The van der Waals surface area contributed by atoms with Crippen LogP contribution in [-0.2, 0) is 9.53 Å². The maximum Gasteiger partial charge on any atom is 0.335 e. The van der Waals surface area contributed by atoms with Gasteiger partial charge in [-0.1, -0.05) is 24.3 Å². The number of hydrogen-bond donors (Lipinski definition) is 6. The van der Waals surface area contributed by atoms with E-state index in [-0.39, 0.29) is 0 Å². The molecule has 0 amide bonds. The van der Waals surface area contributed by atoms with E-state index < -0.39 is 36.7 Å². The molecule has 9 nitrogen and oxygen atoms in total. The van der Waals surface area contributed by atoms with Gasteiger partial charge in [0.15, 0.2) is 12.4 Å². The number of hydrogen-bond acceptors (Lipinski definition) is 8. The number of carboxylic acid groups (broad SMARTS) is 1. The van der Waals surface area contributed by atoms with E-state index in [2.05, 4.69) is 15.3 Å². The number of nitrogens with one attached hydrogen (secondary N) is 1. The molecule has 3 rings (SSSR count). The number of hydrazone groups is 1. The molecule has 1 saturated heterocycles. The van der Waals surface area contributed by atoms with Crippen LogP contribution in [0.25, 0.3) is 6.08 Å². The van der Waals surface area contributed by atoms with Crippen molar-refractivity contribution in [1.82, 2.24) is 0 Å². The summed E-state index contributed by atoms with van der Waals surface area (Å²) in [4.78, 5) is 10.4. The first-order valence-electron chi connectivity index (χ1n) is 7.07. The summed E-state index contributed by atoms with van der Waals surface area (Å²) in [5, 5.41) is 48.3. The number of allylic oxidation sites excluding steroid dienone is 1. The minimum Gasteiger partial charge on any atom is -0.479 e. The molecule has 0 aliphatic carbocycles. The number of aliphatic hydroxyl groups excluding tert-OH is 4. The third-order valence-electron chi connectivity index (χ3n) is 3.41. The van der Waals surface area contributed by atoms with Gasteiger partial charge in [0.25, 0.3) is 0 Å². The first-order chi connectivity index (χ1) is 11.4. The Kier molecular flexibility index (Phi) is 6.01. The minimum absolute atomic E-state index is 1.05. The summed E-state index contributed by atoms with van der Waals surface area (Å²) in [5.41, 5.74) is 5.16. The van der Waals surface area contributed by atoms with Crippen molar-refractivity contribution in [2.24, 2.45) is 5.10 Å². The lowest BCUT2D eigenvalue weighted by atomic mass is 9.99. The van der Waals surface area contributed by atoms with Gasteiger partial charge < -0.3 is 30.3 Å². The molecule has 0 saturated carbocycles. The number of ether oxygens (including phenoxy) is 1. The van der Waals surface area contributed by atoms with Crippen molar-refractivity contribution >= 4 is 23.9 Å². The van der Waals surface area contributed by atoms with E-state index in [0.717, 1.165) is 5.69 Å². The number of rotatable bonds is 1. The first kappa shape index (κ1) is 18.0. The SMILES string of the molecule is C1=Cc2ccccc2NN=C1.O=C(O)[C@H]1OC(O)[C@H](O)[C@@H](O)[C@@H]1O. The van der Waals surface area contributed by atoms with Crippen LogP contribution in [0.1, 0.15) is 5.56 Å². The number of nitrogens with zero attached hydrogens (tertiary/aromatic N) is 1. The third kappa shape index (κ3) is 4.16. The number of aliphatic hydroxyl groups is 4. The summed E-state index contributed by atoms with van der Waals surface area (Å²) in [6, 6.07) is 8.05. The van der Waals surface area contributed by atoms with E-state index in [1.54, 1.807) is 6.21 Å². The van der Waals surface area contributed by atoms with E-state index in [1.165, 1.54) is 5.56 Å². The molecule has 2 heterocycles. The Labute approximate surface area is 137 Å². The predicted octanol–water partition coefficient (Wildman–Crippen LogP) is -1.02. The highest BCUT2D eigenvalue weighted by molar-refractivity contribution is 5.83. The van der Waals surface area contributed by atoms with Gasteiger partial charge in [0, 0.05) is 6.21 Å². The fourth-order valence-corrected chi connectivity index (χ4v) is 2.11. The Bertz CT molecular complexity index is 634. The van der Waals surface area contributed by atoms with Crippen LogP contribution >= 0.6 is 0 Å². The lowest BCUT2D eigenvalue weighted by molar-refractivity contribution is -0.279. The number of fused-ring (bicyclic) bond motifs is 1. The highest BCUT2D eigenvalue weighted by atomic mass is 16.6. The van der Waals surface area contributed by atoms with Crippen molar-refractivity contribution in [3.8, 4) is 0 Å². The molecule has 6 N–H and O–H groups in total. The molecule has 130 valence electrons. The van der Waals surface area contributed by atoms with Crippen molar-refractivity contribution in [2.45, 2.75) is 30.7 Å². The number of benzene rings is 1. The molecular weight excluding hydrogens is 320 g/mol. The molecule has 0 aromatic heterocycles. The van der Waals surface area contributed by atoms with Gasteiger partial charge in [0.1, 0.15) is 18.3 Å². The smallest absolute Gasteiger partial charge is 0.335 e. The summed E-state index contributed by atoms with van der Waals surface area (Å²) in [6.07, 6.45) is -3.04. The minimum atomic E-state index is -1.81. The molecule has 0 bridgehead atoms. The molecule has 9 heteroatoms. The number of aliphatic carboxylic acids is 1. The number of carboxylic acids is 1. The fraction of sp³-hybridized carbons (Fsp3) is 0.333. The molecule has 1 fully saturated rings. The van der Waals surface area contributed by atoms with Gasteiger partial charge >= 0.3 is 5.97 Å². The van der Waals surface area contributed by atoms with E-state index in [0.29, 0.717) is 0 Å². The first-order valence-corrected chi connectivity index (χ1v) is 7.07. The summed E-state index contributed by atoms with van der Waals surface area (Å²) in [6.45, 7) is 0. The predicted molar refractivity (Wildman–Crippen MR) is 84.1 cm³/mol. The van der Waals surface area contributed by atoms with Gasteiger partial charge in [-0.25, -0.2) is 4.79 Å². The van der Waals surface area contributed by atoms with Gasteiger partial charge in [-0.15, -0.1) is 0 Å². The van der Waals surface area contributed by atoms with Crippen LogP contribution in [0.5, 0.6) is 0 Å². The average molecular weight is 338 g/mol. The third-order valence-corrected chi connectivity index (χ3v) is 3.41. The standard InChI is InChI=1S/C9H8N2.C6H10O7/c1-2-6-9-8(4-1)5-3-7-10-11-9;7-1-2(8)4(5(10)11)13-6(12)3(1)9/h1-7,11H;1-4,6-9,12H,(H,10,11)/t;1-,2-,3+,4-,6?/m.0/s1. The van der Waals surface area contributed by atoms with Crippen molar-refractivity contribution in [1.29, 1.82) is 0 Å². The van der Waals surface area contributed by atoms with Crippen LogP contribution in [-0.4, -0.2) is 68.4 Å². The fourth-order valence-electron chi connectivity index (χ4n) is 2.11. The van der Waals surface area contributed by atoms with Crippen LogP contribution in [0.2, 0.25) is 0 Å². The second-order valence-electron chi connectivity index (χ2n) is 5.09. The Morgan fingerprint density at radius 3 is 2.50 bits per heavy atom. The molecular formula is C15H18N2O7.